The number of nitrogens with two attached hydrogens (primary N) is 1. The largest absolute Gasteiger partial charge is 0.452 e. The number of esters is 1. The minimum Gasteiger partial charge on any atom is -0.452 e. The number of hydrogen-bond donors (Lipinski definition) is 2. The molecule has 0 fully saturated rings. The first-order valence-electron chi connectivity index (χ1n) is 8.01. The van der Waals surface area contributed by atoms with Crippen LogP contribution in [0.1, 0.15) is 41.4 Å². The molecule has 0 aliphatic rings. The summed E-state index contributed by atoms with van der Waals surface area (Å²) >= 11 is 5.87. The van der Waals surface area contributed by atoms with E-state index in [1.165, 1.54) is 11.6 Å². The Morgan fingerprint density at radius 2 is 1.88 bits per heavy atom. The fourth-order valence-corrected chi connectivity index (χ4v) is 2.51. The van der Waals surface area contributed by atoms with Crippen LogP contribution in [0.3, 0.4) is 0 Å². The number of aryl methyl sites for hydroxylation is 1. The number of nitrogen functional groups attached to an aromatic ring is 1. The van der Waals surface area contributed by atoms with Crippen molar-refractivity contribution < 1.29 is 14.3 Å². The second-order valence-corrected chi connectivity index (χ2v) is 6.07. The van der Waals surface area contributed by atoms with E-state index in [1.807, 2.05) is 31.2 Å². The third-order valence-electron chi connectivity index (χ3n) is 3.87. The molecule has 5 nitrogen and oxygen atoms in total. The average molecular weight is 361 g/mol. The number of para-hydroxylation sites is 1. The fraction of sp³-hybridized carbons (Fsp3) is 0.263. The normalized spacial score (nSPS) is 11.6. The van der Waals surface area contributed by atoms with Gasteiger partial charge in [0.25, 0.3) is 5.91 Å². The van der Waals surface area contributed by atoms with E-state index in [-0.39, 0.29) is 34.8 Å². The molecule has 2 rings (SSSR count). The summed E-state index contributed by atoms with van der Waals surface area (Å²) in [4.78, 5) is 24.0. The minimum absolute atomic E-state index is 0.138. The van der Waals surface area contributed by atoms with Gasteiger partial charge in [0.15, 0.2) is 6.61 Å². The predicted octanol–water partition coefficient (Wildman–Crippen LogP) is 3.52. The van der Waals surface area contributed by atoms with Gasteiger partial charge in [-0.05, 0) is 36.6 Å². The Labute approximate surface area is 152 Å². The van der Waals surface area contributed by atoms with Crippen LogP contribution < -0.4 is 11.1 Å². The molecule has 2 aromatic rings. The molecule has 25 heavy (non-hydrogen) atoms. The van der Waals surface area contributed by atoms with Crippen molar-refractivity contribution >= 4 is 29.2 Å². The van der Waals surface area contributed by atoms with Gasteiger partial charge in [-0.1, -0.05) is 48.9 Å². The second-order valence-electron chi connectivity index (χ2n) is 5.66. The maximum absolute atomic E-state index is 12.0. The summed E-state index contributed by atoms with van der Waals surface area (Å²) in [5, 5.41) is 3.06. The predicted molar refractivity (Wildman–Crippen MR) is 98.5 cm³/mol. The summed E-state index contributed by atoms with van der Waals surface area (Å²) < 4.78 is 5.01. The highest BCUT2D eigenvalue weighted by Crippen LogP contribution is 2.23. The van der Waals surface area contributed by atoms with Crippen LogP contribution in [0.15, 0.2) is 42.5 Å². The van der Waals surface area contributed by atoms with Gasteiger partial charge in [0.1, 0.15) is 0 Å². The molecule has 1 unspecified atom stereocenters. The Morgan fingerprint density at radius 3 is 2.52 bits per heavy atom. The number of rotatable bonds is 6. The fourth-order valence-electron chi connectivity index (χ4n) is 2.33. The van der Waals surface area contributed by atoms with Gasteiger partial charge in [0.2, 0.25) is 0 Å². The van der Waals surface area contributed by atoms with E-state index in [2.05, 4.69) is 12.2 Å². The monoisotopic (exact) mass is 360 g/mol. The number of halogens is 1. The van der Waals surface area contributed by atoms with Crippen molar-refractivity contribution in [3.8, 4) is 0 Å². The van der Waals surface area contributed by atoms with E-state index < -0.39 is 5.97 Å². The third kappa shape index (κ3) is 4.97. The molecule has 0 aliphatic heterocycles. The molecule has 6 heteroatoms. The molecule has 1 amide bonds. The first-order valence-corrected chi connectivity index (χ1v) is 8.39. The van der Waals surface area contributed by atoms with E-state index in [0.717, 1.165) is 12.0 Å². The van der Waals surface area contributed by atoms with Crippen LogP contribution in [0, 0.1) is 0 Å². The molecule has 2 aromatic carbocycles. The lowest BCUT2D eigenvalue weighted by Gasteiger charge is -2.15. The Kier molecular flexibility index (Phi) is 6.42. The molecule has 0 aromatic heterocycles. The van der Waals surface area contributed by atoms with Crippen LogP contribution >= 0.6 is 11.6 Å². The van der Waals surface area contributed by atoms with E-state index in [4.69, 9.17) is 22.1 Å². The molecule has 0 saturated heterocycles. The van der Waals surface area contributed by atoms with Gasteiger partial charge < -0.3 is 15.8 Å². The Hall–Kier alpha value is -2.53. The number of anilines is 1. The zero-order valence-corrected chi connectivity index (χ0v) is 15.0. The second kappa shape index (κ2) is 8.53. The molecular formula is C19H21ClN2O3. The van der Waals surface area contributed by atoms with Gasteiger partial charge in [-0.3, -0.25) is 4.79 Å². The lowest BCUT2D eigenvalue weighted by Crippen LogP contribution is -2.31. The molecule has 0 aliphatic carbocycles. The molecular weight excluding hydrogens is 340 g/mol. The van der Waals surface area contributed by atoms with Crippen LogP contribution in [0.5, 0.6) is 0 Å². The van der Waals surface area contributed by atoms with Crippen molar-refractivity contribution in [1.29, 1.82) is 0 Å². The SMILES string of the molecule is CCc1ccc(C(C)NC(=O)COC(=O)c2cccc(Cl)c2N)cc1. The van der Waals surface area contributed by atoms with E-state index in [0.29, 0.717) is 0 Å². The summed E-state index contributed by atoms with van der Waals surface area (Å²) in [5.74, 6) is -1.07. The quantitative estimate of drug-likeness (QED) is 0.610. The molecule has 0 heterocycles. The average Bonchev–Trinajstić information content (AvgIpc) is 2.62. The molecule has 0 saturated carbocycles. The van der Waals surface area contributed by atoms with Crippen molar-refractivity contribution in [2.75, 3.05) is 12.3 Å². The highest BCUT2D eigenvalue weighted by molar-refractivity contribution is 6.33. The number of carbonyl (C=O) groups excluding carboxylic acids is 2. The molecule has 3 N–H and O–H groups in total. The zero-order valence-electron chi connectivity index (χ0n) is 14.2. The van der Waals surface area contributed by atoms with Crippen molar-refractivity contribution in [3.05, 3.63) is 64.2 Å². The summed E-state index contributed by atoms with van der Waals surface area (Å²) in [5.41, 5.74) is 8.23. The van der Waals surface area contributed by atoms with Crippen LogP contribution in [-0.2, 0) is 16.0 Å². The third-order valence-corrected chi connectivity index (χ3v) is 4.20. The lowest BCUT2D eigenvalue weighted by atomic mass is 10.1. The van der Waals surface area contributed by atoms with E-state index in [9.17, 15) is 9.59 Å². The number of amides is 1. The van der Waals surface area contributed by atoms with Crippen molar-refractivity contribution in [3.63, 3.8) is 0 Å². The number of hydrogen-bond acceptors (Lipinski definition) is 4. The summed E-state index contributed by atoms with van der Waals surface area (Å²) in [6, 6.07) is 12.5. The number of carbonyl (C=O) groups is 2. The van der Waals surface area contributed by atoms with E-state index in [1.54, 1.807) is 12.1 Å². The molecule has 0 radical (unpaired) electrons. The van der Waals surface area contributed by atoms with Crippen LogP contribution in [0.2, 0.25) is 5.02 Å². The van der Waals surface area contributed by atoms with Crippen LogP contribution in [-0.4, -0.2) is 18.5 Å². The maximum atomic E-state index is 12.0. The minimum atomic E-state index is -0.685. The summed E-state index contributed by atoms with van der Waals surface area (Å²) in [6.07, 6.45) is 0.962. The van der Waals surface area contributed by atoms with Crippen molar-refractivity contribution in [1.82, 2.24) is 5.32 Å². The van der Waals surface area contributed by atoms with Gasteiger partial charge in [0, 0.05) is 0 Å². The highest BCUT2D eigenvalue weighted by Gasteiger charge is 2.16. The Balaban J connectivity index is 1.89. The van der Waals surface area contributed by atoms with Crippen molar-refractivity contribution in [2.45, 2.75) is 26.3 Å². The number of ether oxygens (including phenoxy) is 1. The Bertz CT molecular complexity index is 760. The first kappa shape index (κ1) is 18.8. The van der Waals surface area contributed by atoms with Gasteiger partial charge >= 0.3 is 5.97 Å². The van der Waals surface area contributed by atoms with E-state index >= 15 is 0 Å². The summed E-state index contributed by atoms with van der Waals surface area (Å²) in [7, 11) is 0. The van der Waals surface area contributed by atoms with Gasteiger partial charge in [-0.15, -0.1) is 0 Å². The lowest BCUT2D eigenvalue weighted by molar-refractivity contribution is -0.124. The first-order chi connectivity index (χ1) is 11.9. The number of nitrogens with one attached hydrogen (secondary N) is 1. The van der Waals surface area contributed by atoms with Crippen LogP contribution in [0.4, 0.5) is 5.69 Å². The van der Waals surface area contributed by atoms with Crippen LogP contribution in [0.25, 0.3) is 0 Å². The molecule has 132 valence electrons. The molecule has 0 spiro atoms. The zero-order chi connectivity index (χ0) is 18.4. The maximum Gasteiger partial charge on any atom is 0.340 e. The topological polar surface area (TPSA) is 81.4 Å². The van der Waals surface area contributed by atoms with Gasteiger partial charge in [-0.2, -0.15) is 0 Å². The van der Waals surface area contributed by atoms with Gasteiger partial charge in [0.05, 0.1) is 22.3 Å². The Morgan fingerprint density at radius 1 is 1.20 bits per heavy atom. The summed E-state index contributed by atoms with van der Waals surface area (Å²) in [6.45, 7) is 3.57. The standard InChI is InChI=1S/C19H21ClN2O3/c1-3-13-7-9-14(10-8-13)12(2)22-17(23)11-25-19(24)15-5-4-6-16(20)18(15)21/h4-10,12H,3,11,21H2,1-2H3,(H,22,23). The highest BCUT2D eigenvalue weighted by atomic mass is 35.5. The number of benzene rings is 2. The smallest absolute Gasteiger partial charge is 0.340 e. The van der Waals surface area contributed by atoms with Gasteiger partial charge in [-0.25, -0.2) is 4.79 Å². The molecule has 0 bridgehead atoms. The van der Waals surface area contributed by atoms with Crippen molar-refractivity contribution in [2.24, 2.45) is 0 Å². The molecule has 1 atom stereocenters.